The first kappa shape index (κ1) is 22.5. The molecule has 0 aromatic heterocycles. The van der Waals surface area contributed by atoms with E-state index in [1.165, 1.54) is 12.1 Å². The Hall–Kier alpha value is -2.74. The molecule has 0 aliphatic carbocycles. The van der Waals surface area contributed by atoms with Gasteiger partial charge in [0.1, 0.15) is 5.75 Å². The van der Waals surface area contributed by atoms with Crippen molar-refractivity contribution >= 4 is 50.3 Å². The van der Waals surface area contributed by atoms with E-state index in [0.29, 0.717) is 45.9 Å². The third kappa shape index (κ3) is 4.55. The van der Waals surface area contributed by atoms with Gasteiger partial charge in [-0.1, -0.05) is 35.3 Å². The van der Waals surface area contributed by atoms with E-state index in [0.717, 1.165) is 11.8 Å². The van der Waals surface area contributed by atoms with E-state index in [1.807, 2.05) is 6.07 Å². The van der Waals surface area contributed by atoms with E-state index in [-0.39, 0.29) is 16.7 Å². The summed E-state index contributed by atoms with van der Waals surface area (Å²) in [5, 5.41) is 0.761. The zero-order valence-corrected chi connectivity index (χ0v) is 19.4. The molecular weight excluding hydrogens is 471 g/mol. The fourth-order valence-electron chi connectivity index (χ4n) is 3.65. The second-order valence-corrected chi connectivity index (χ2v) is 10.5. The number of amides is 1. The molecule has 1 fully saturated rings. The number of nitrogens with zero attached hydrogens (tertiary/aromatic N) is 1. The number of nitrogen functional groups attached to an aromatic ring is 1. The maximum atomic E-state index is 12.7. The first-order valence-corrected chi connectivity index (χ1v) is 12.4. The Bertz CT molecular complexity index is 1270. The smallest absolute Gasteiger partial charge is 0.227 e. The Balaban J connectivity index is 1.57. The molecule has 0 bridgehead atoms. The summed E-state index contributed by atoms with van der Waals surface area (Å²) in [6.45, 7) is 0.451. The number of para-hydroxylation sites is 1. The molecule has 0 spiro atoms. The molecule has 1 amide bonds. The number of hydrogen-bond donors (Lipinski definition) is 1. The molecule has 6 nitrogen and oxygen atoms in total. The largest absolute Gasteiger partial charge is 0.452 e. The van der Waals surface area contributed by atoms with E-state index in [4.69, 9.17) is 33.7 Å². The predicted octanol–water partition coefficient (Wildman–Crippen LogP) is 5.29. The van der Waals surface area contributed by atoms with Gasteiger partial charge in [-0.15, -0.1) is 0 Å². The summed E-state index contributed by atoms with van der Waals surface area (Å²) in [5.74, 6) is 0.589. The van der Waals surface area contributed by atoms with Crippen molar-refractivity contribution in [2.45, 2.75) is 17.2 Å². The summed E-state index contributed by atoms with van der Waals surface area (Å²) in [4.78, 5) is 14.6. The lowest BCUT2D eigenvalue weighted by molar-refractivity contribution is -0.117. The van der Waals surface area contributed by atoms with Crippen LogP contribution in [0.25, 0.3) is 0 Å². The lowest BCUT2D eigenvalue weighted by atomic mass is 9.98. The van der Waals surface area contributed by atoms with Crippen molar-refractivity contribution in [2.75, 3.05) is 23.4 Å². The van der Waals surface area contributed by atoms with Crippen molar-refractivity contribution in [3.05, 3.63) is 76.3 Å². The molecule has 1 aliphatic rings. The average Bonchev–Trinajstić information content (AvgIpc) is 3.13. The predicted molar refractivity (Wildman–Crippen MR) is 127 cm³/mol. The van der Waals surface area contributed by atoms with Gasteiger partial charge in [-0.25, -0.2) is 8.42 Å². The van der Waals surface area contributed by atoms with Gasteiger partial charge in [0.25, 0.3) is 0 Å². The quantitative estimate of drug-likeness (QED) is 0.490. The van der Waals surface area contributed by atoms with Crippen molar-refractivity contribution in [1.82, 2.24) is 0 Å². The summed E-state index contributed by atoms with van der Waals surface area (Å²) in [6.07, 6.45) is 1.46. The molecule has 1 saturated heterocycles. The molecule has 1 aliphatic heterocycles. The Kier molecular flexibility index (Phi) is 6.07. The van der Waals surface area contributed by atoms with Gasteiger partial charge in [-0.3, -0.25) is 4.79 Å². The average molecular weight is 491 g/mol. The summed E-state index contributed by atoms with van der Waals surface area (Å²) in [7, 11) is -3.30. The Labute approximate surface area is 196 Å². The van der Waals surface area contributed by atoms with Crippen LogP contribution in [-0.2, 0) is 14.6 Å². The van der Waals surface area contributed by atoms with E-state index < -0.39 is 9.84 Å². The summed E-state index contributed by atoms with van der Waals surface area (Å²) < 4.78 is 29.3. The first-order valence-electron chi connectivity index (χ1n) is 9.75. The van der Waals surface area contributed by atoms with Crippen molar-refractivity contribution in [2.24, 2.45) is 0 Å². The number of rotatable bonds is 5. The molecule has 1 heterocycles. The normalized spacial score (nSPS) is 16.4. The fourth-order valence-corrected chi connectivity index (χ4v) is 4.66. The van der Waals surface area contributed by atoms with Crippen LogP contribution in [0.3, 0.4) is 0 Å². The SMILES string of the molecule is CS(=O)(=O)c1ccc(N2C[C@@H](c3ccc(Cl)c(Oc4c(N)cccc4Cl)c3)CC2=O)cc1. The van der Waals surface area contributed by atoms with Gasteiger partial charge < -0.3 is 15.4 Å². The van der Waals surface area contributed by atoms with Gasteiger partial charge in [0.15, 0.2) is 15.6 Å². The first-order chi connectivity index (χ1) is 15.1. The lowest BCUT2D eigenvalue weighted by Crippen LogP contribution is -2.24. The molecule has 0 radical (unpaired) electrons. The molecule has 3 aromatic rings. The highest BCUT2D eigenvalue weighted by atomic mass is 35.5. The third-order valence-corrected chi connectivity index (χ3v) is 7.08. The van der Waals surface area contributed by atoms with Gasteiger partial charge in [0, 0.05) is 30.8 Å². The Morgan fingerprint density at radius 3 is 2.41 bits per heavy atom. The van der Waals surface area contributed by atoms with Crippen LogP contribution in [0.4, 0.5) is 11.4 Å². The molecule has 4 rings (SSSR count). The van der Waals surface area contributed by atoms with Gasteiger partial charge in [-0.2, -0.15) is 0 Å². The summed E-state index contributed by atoms with van der Waals surface area (Å²) in [6, 6.07) is 16.8. The Morgan fingerprint density at radius 1 is 1.03 bits per heavy atom. The minimum atomic E-state index is -3.30. The highest BCUT2D eigenvalue weighted by Gasteiger charge is 2.32. The van der Waals surface area contributed by atoms with Crippen LogP contribution in [0.1, 0.15) is 17.9 Å². The topological polar surface area (TPSA) is 89.7 Å². The number of ether oxygens (including phenoxy) is 1. The zero-order valence-electron chi connectivity index (χ0n) is 17.1. The number of benzene rings is 3. The molecule has 9 heteroatoms. The van der Waals surface area contributed by atoms with E-state index >= 15 is 0 Å². The molecule has 166 valence electrons. The number of hydrogen-bond acceptors (Lipinski definition) is 5. The van der Waals surface area contributed by atoms with Gasteiger partial charge in [-0.05, 0) is 54.1 Å². The van der Waals surface area contributed by atoms with Crippen molar-refractivity contribution in [3.63, 3.8) is 0 Å². The minimum absolute atomic E-state index is 0.0464. The van der Waals surface area contributed by atoms with Crippen molar-refractivity contribution in [1.29, 1.82) is 0 Å². The van der Waals surface area contributed by atoms with Crippen molar-refractivity contribution < 1.29 is 17.9 Å². The van der Waals surface area contributed by atoms with Crippen LogP contribution in [0.2, 0.25) is 10.0 Å². The van der Waals surface area contributed by atoms with Gasteiger partial charge in [0.2, 0.25) is 5.91 Å². The Morgan fingerprint density at radius 2 is 1.75 bits per heavy atom. The number of sulfone groups is 1. The maximum Gasteiger partial charge on any atom is 0.227 e. The van der Waals surface area contributed by atoms with Gasteiger partial charge >= 0.3 is 0 Å². The zero-order chi connectivity index (χ0) is 23.0. The van der Waals surface area contributed by atoms with Crippen LogP contribution in [0, 0.1) is 0 Å². The molecule has 0 unspecified atom stereocenters. The third-order valence-electron chi connectivity index (χ3n) is 5.34. The standard InChI is InChI=1S/C23H20Cl2N2O4S/c1-32(29,30)17-8-6-16(7-9-17)27-13-15(12-22(27)28)14-5-10-18(24)21(11-14)31-23-19(25)3-2-4-20(23)26/h2-11,15H,12-13,26H2,1H3/t15-/m0/s1. The number of carbonyl (C=O) groups is 1. The maximum absolute atomic E-state index is 12.7. The van der Waals surface area contributed by atoms with E-state index in [1.54, 1.807) is 47.4 Å². The monoisotopic (exact) mass is 490 g/mol. The van der Waals surface area contributed by atoms with E-state index in [9.17, 15) is 13.2 Å². The van der Waals surface area contributed by atoms with Crippen LogP contribution in [0.15, 0.2) is 65.6 Å². The minimum Gasteiger partial charge on any atom is -0.452 e. The summed E-state index contributed by atoms with van der Waals surface area (Å²) >= 11 is 12.5. The van der Waals surface area contributed by atoms with Crippen LogP contribution >= 0.6 is 23.2 Å². The molecular formula is C23H20Cl2N2O4S. The molecule has 1 atom stereocenters. The van der Waals surface area contributed by atoms with Crippen molar-refractivity contribution in [3.8, 4) is 11.5 Å². The lowest BCUT2D eigenvalue weighted by Gasteiger charge is -2.18. The van der Waals surface area contributed by atoms with Crippen LogP contribution in [-0.4, -0.2) is 27.1 Å². The van der Waals surface area contributed by atoms with Crippen LogP contribution < -0.4 is 15.4 Å². The highest BCUT2D eigenvalue weighted by molar-refractivity contribution is 7.90. The number of carbonyl (C=O) groups excluding carboxylic acids is 1. The number of anilines is 2. The number of halogens is 2. The fraction of sp³-hybridized carbons (Fsp3) is 0.174. The van der Waals surface area contributed by atoms with E-state index in [2.05, 4.69) is 0 Å². The van der Waals surface area contributed by atoms with Crippen LogP contribution in [0.5, 0.6) is 11.5 Å². The molecule has 0 saturated carbocycles. The second kappa shape index (κ2) is 8.65. The number of nitrogens with two attached hydrogens (primary N) is 1. The molecule has 32 heavy (non-hydrogen) atoms. The molecule has 2 N–H and O–H groups in total. The second-order valence-electron chi connectivity index (χ2n) is 7.62. The van der Waals surface area contributed by atoms with Gasteiger partial charge in [0.05, 0.1) is 20.6 Å². The summed E-state index contributed by atoms with van der Waals surface area (Å²) in [5.41, 5.74) is 7.90. The highest BCUT2D eigenvalue weighted by Crippen LogP contribution is 2.40. The molecule has 3 aromatic carbocycles.